The summed E-state index contributed by atoms with van der Waals surface area (Å²) in [6.45, 7) is 3.76. The Hall–Kier alpha value is -3.59. The average molecular weight is 447 g/mol. The molecule has 0 spiro atoms. The van der Waals surface area contributed by atoms with Gasteiger partial charge in [-0.15, -0.1) is 0 Å². The Labute approximate surface area is 184 Å². The van der Waals surface area contributed by atoms with E-state index in [4.69, 9.17) is 21.1 Å². The number of rotatable bonds is 8. The molecule has 31 heavy (non-hydrogen) atoms. The molecule has 0 heterocycles. The molecule has 0 fully saturated rings. The summed E-state index contributed by atoms with van der Waals surface area (Å²) in [7, 11) is 1.34. The third-order valence-corrected chi connectivity index (χ3v) is 4.39. The number of hydrazone groups is 1. The highest BCUT2D eigenvalue weighted by Crippen LogP contribution is 2.28. The number of nitrogens with zero attached hydrogens (tertiary/aromatic N) is 1. The van der Waals surface area contributed by atoms with Gasteiger partial charge in [-0.1, -0.05) is 17.7 Å². The van der Waals surface area contributed by atoms with Crippen LogP contribution in [0.15, 0.2) is 41.5 Å². The summed E-state index contributed by atoms with van der Waals surface area (Å²) in [5.74, 6) is -1.27. The molecule has 164 valence electrons. The van der Waals surface area contributed by atoms with E-state index < -0.39 is 11.8 Å². The Bertz CT molecular complexity index is 994. The third kappa shape index (κ3) is 7.00. The van der Waals surface area contributed by atoms with Gasteiger partial charge in [-0.25, -0.2) is 5.43 Å². The zero-order valence-corrected chi connectivity index (χ0v) is 18.1. The Morgan fingerprint density at radius 2 is 1.87 bits per heavy atom. The maximum absolute atomic E-state index is 12.3. The minimum atomic E-state index is -0.885. The molecule has 3 amide bonds. The first kappa shape index (κ1) is 23.7. The van der Waals surface area contributed by atoms with Crippen molar-refractivity contribution in [2.45, 2.75) is 13.8 Å². The SMILES string of the molecule is CCOc1cc(/C=N\NC(=O)C(=O)NC)ccc1OCC(=O)Nc1cccc(Cl)c1C. The second-order valence-corrected chi connectivity index (χ2v) is 6.57. The van der Waals surface area contributed by atoms with Crippen LogP contribution in [-0.2, 0) is 14.4 Å². The molecule has 0 aliphatic rings. The number of anilines is 1. The summed E-state index contributed by atoms with van der Waals surface area (Å²) in [6.07, 6.45) is 1.35. The Morgan fingerprint density at radius 1 is 1.10 bits per heavy atom. The molecule has 0 aliphatic heterocycles. The normalized spacial score (nSPS) is 10.5. The highest BCUT2D eigenvalue weighted by molar-refractivity contribution is 6.35. The standard InChI is InChI=1S/C21H23ClN4O5/c1-4-30-18-10-14(11-24-26-21(29)20(28)23-3)8-9-17(18)31-12-19(27)25-16-7-5-6-15(22)13(16)2/h5-11H,4,12H2,1-3H3,(H,23,28)(H,25,27)(H,26,29)/b24-11-. The van der Waals surface area contributed by atoms with E-state index in [0.717, 1.165) is 5.56 Å². The van der Waals surface area contributed by atoms with Gasteiger partial charge < -0.3 is 20.1 Å². The minimum absolute atomic E-state index is 0.234. The van der Waals surface area contributed by atoms with Gasteiger partial charge in [-0.3, -0.25) is 14.4 Å². The van der Waals surface area contributed by atoms with Crippen LogP contribution in [0.1, 0.15) is 18.1 Å². The van der Waals surface area contributed by atoms with Crippen molar-refractivity contribution in [1.82, 2.24) is 10.7 Å². The average Bonchev–Trinajstić information content (AvgIpc) is 2.76. The molecule has 0 saturated carbocycles. The van der Waals surface area contributed by atoms with Crippen LogP contribution in [-0.4, -0.2) is 44.2 Å². The van der Waals surface area contributed by atoms with E-state index in [2.05, 4.69) is 21.2 Å². The number of carbonyl (C=O) groups is 3. The zero-order valence-electron chi connectivity index (χ0n) is 17.3. The van der Waals surface area contributed by atoms with Crippen molar-refractivity contribution in [1.29, 1.82) is 0 Å². The van der Waals surface area contributed by atoms with E-state index in [0.29, 0.717) is 34.4 Å². The predicted molar refractivity (Wildman–Crippen MR) is 118 cm³/mol. The van der Waals surface area contributed by atoms with E-state index in [9.17, 15) is 14.4 Å². The summed E-state index contributed by atoms with van der Waals surface area (Å²) < 4.78 is 11.2. The molecule has 2 aromatic rings. The molecule has 2 rings (SSSR count). The number of halogens is 1. The second-order valence-electron chi connectivity index (χ2n) is 6.17. The van der Waals surface area contributed by atoms with Gasteiger partial charge >= 0.3 is 11.8 Å². The van der Waals surface area contributed by atoms with Crippen LogP contribution in [0.25, 0.3) is 0 Å². The van der Waals surface area contributed by atoms with Crippen molar-refractivity contribution in [3.63, 3.8) is 0 Å². The molecular formula is C21H23ClN4O5. The number of benzene rings is 2. The lowest BCUT2D eigenvalue weighted by molar-refractivity contribution is -0.138. The lowest BCUT2D eigenvalue weighted by Gasteiger charge is -2.13. The van der Waals surface area contributed by atoms with Crippen LogP contribution in [0.2, 0.25) is 5.02 Å². The van der Waals surface area contributed by atoms with Crippen molar-refractivity contribution in [3.05, 3.63) is 52.5 Å². The molecule has 0 saturated heterocycles. The molecule has 0 atom stereocenters. The van der Waals surface area contributed by atoms with Gasteiger partial charge in [0.2, 0.25) is 0 Å². The van der Waals surface area contributed by atoms with E-state index in [-0.39, 0.29) is 12.5 Å². The van der Waals surface area contributed by atoms with Crippen LogP contribution >= 0.6 is 11.6 Å². The number of hydrogen-bond donors (Lipinski definition) is 3. The fourth-order valence-corrected chi connectivity index (χ4v) is 2.57. The monoisotopic (exact) mass is 446 g/mol. The van der Waals surface area contributed by atoms with Crippen molar-refractivity contribution in [2.24, 2.45) is 5.10 Å². The number of carbonyl (C=O) groups excluding carboxylic acids is 3. The molecule has 0 aliphatic carbocycles. The molecule has 10 heteroatoms. The van der Waals surface area contributed by atoms with E-state index in [1.54, 1.807) is 36.4 Å². The summed E-state index contributed by atoms with van der Waals surface area (Å²) in [5, 5.41) is 9.22. The topological polar surface area (TPSA) is 118 Å². The van der Waals surface area contributed by atoms with Gasteiger partial charge in [0.1, 0.15) is 0 Å². The highest BCUT2D eigenvalue weighted by atomic mass is 35.5. The maximum Gasteiger partial charge on any atom is 0.329 e. The molecule has 0 radical (unpaired) electrons. The maximum atomic E-state index is 12.3. The fourth-order valence-electron chi connectivity index (χ4n) is 2.39. The molecule has 0 bridgehead atoms. The molecule has 9 nitrogen and oxygen atoms in total. The minimum Gasteiger partial charge on any atom is -0.490 e. The van der Waals surface area contributed by atoms with Crippen molar-refractivity contribution < 1.29 is 23.9 Å². The van der Waals surface area contributed by atoms with E-state index >= 15 is 0 Å². The number of hydrogen-bond acceptors (Lipinski definition) is 6. The van der Waals surface area contributed by atoms with Gasteiger partial charge in [0, 0.05) is 17.8 Å². The van der Waals surface area contributed by atoms with Crippen LogP contribution in [0, 0.1) is 6.92 Å². The smallest absolute Gasteiger partial charge is 0.329 e. The van der Waals surface area contributed by atoms with Crippen molar-refractivity contribution in [3.8, 4) is 11.5 Å². The number of likely N-dealkylation sites (N-methyl/N-ethyl adjacent to an activating group) is 1. The molecule has 0 unspecified atom stereocenters. The quantitative estimate of drug-likeness (QED) is 0.326. The first-order valence-corrected chi connectivity index (χ1v) is 9.73. The van der Waals surface area contributed by atoms with Gasteiger partial charge in [0.15, 0.2) is 18.1 Å². The van der Waals surface area contributed by atoms with Gasteiger partial charge in [-0.2, -0.15) is 5.10 Å². The number of amides is 3. The molecular weight excluding hydrogens is 424 g/mol. The lowest BCUT2D eigenvalue weighted by Crippen LogP contribution is -2.35. The lowest BCUT2D eigenvalue weighted by atomic mass is 10.2. The number of nitrogens with one attached hydrogen (secondary N) is 3. The second kappa shape index (κ2) is 11.6. The van der Waals surface area contributed by atoms with Crippen LogP contribution in [0.3, 0.4) is 0 Å². The molecule has 0 aromatic heterocycles. The van der Waals surface area contributed by atoms with Crippen LogP contribution < -0.4 is 25.5 Å². The summed E-state index contributed by atoms with van der Waals surface area (Å²) in [6, 6.07) is 10.1. The van der Waals surface area contributed by atoms with Gasteiger partial charge in [0.25, 0.3) is 5.91 Å². The van der Waals surface area contributed by atoms with Crippen molar-refractivity contribution in [2.75, 3.05) is 25.6 Å². The van der Waals surface area contributed by atoms with E-state index in [1.165, 1.54) is 13.3 Å². The van der Waals surface area contributed by atoms with E-state index in [1.807, 2.05) is 13.8 Å². The van der Waals surface area contributed by atoms with Crippen LogP contribution in [0.5, 0.6) is 11.5 Å². The largest absolute Gasteiger partial charge is 0.490 e. The summed E-state index contributed by atoms with van der Waals surface area (Å²) in [4.78, 5) is 34.8. The van der Waals surface area contributed by atoms with Crippen LogP contribution in [0.4, 0.5) is 5.69 Å². The molecule has 2 aromatic carbocycles. The first-order valence-electron chi connectivity index (χ1n) is 9.35. The third-order valence-electron chi connectivity index (χ3n) is 3.98. The Kier molecular flexibility index (Phi) is 8.83. The van der Waals surface area contributed by atoms with Crippen molar-refractivity contribution >= 4 is 41.2 Å². The van der Waals surface area contributed by atoms with Gasteiger partial charge in [0.05, 0.1) is 12.8 Å². The predicted octanol–water partition coefficient (Wildman–Crippen LogP) is 2.26. The summed E-state index contributed by atoms with van der Waals surface area (Å²) in [5.41, 5.74) is 4.06. The Balaban J connectivity index is 2.02. The van der Waals surface area contributed by atoms with Gasteiger partial charge in [-0.05, 0) is 55.3 Å². The summed E-state index contributed by atoms with van der Waals surface area (Å²) >= 11 is 6.06. The Morgan fingerprint density at radius 3 is 2.58 bits per heavy atom. The highest BCUT2D eigenvalue weighted by Gasteiger charge is 2.12. The molecule has 3 N–H and O–H groups in total. The fraction of sp³-hybridized carbons (Fsp3) is 0.238. The number of ether oxygens (including phenoxy) is 2. The first-order chi connectivity index (χ1) is 14.8. The zero-order chi connectivity index (χ0) is 22.8.